The van der Waals surface area contributed by atoms with Gasteiger partial charge >= 0.3 is 5.88 Å². The van der Waals surface area contributed by atoms with Crippen LogP contribution >= 0.6 is 23.4 Å². The number of benzene rings is 2. The van der Waals surface area contributed by atoms with Crippen molar-refractivity contribution in [2.24, 2.45) is 0 Å². The van der Waals surface area contributed by atoms with Gasteiger partial charge in [0.2, 0.25) is 17.3 Å². The lowest BCUT2D eigenvalue weighted by molar-refractivity contribution is -0.402. The summed E-state index contributed by atoms with van der Waals surface area (Å²) < 4.78 is 11.4. The summed E-state index contributed by atoms with van der Waals surface area (Å²) in [5, 5.41) is 23.9. The van der Waals surface area contributed by atoms with E-state index in [4.69, 9.17) is 20.8 Å². The number of anilines is 1. The Bertz CT molecular complexity index is 1300. The molecule has 5 rings (SSSR count). The molecule has 9 nitrogen and oxygen atoms in total. The zero-order valence-electron chi connectivity index (χ0n) is 16.3. The Hall–Kier alpha value is -3.63. The van der Waals surface area contributed by atoms with E-state index in [1.54, 1.807) is 0 Å². The smallest absolute Gasteiger partial charge is 0.433 e. The fraction of sp³-hybridized carbons (Fsp3) is 0.0952. The number of hydrogen-bond acceptors (Lipinski definition) is 9. The first-order chi connectivity index (χ1) is 15.6. The fourth-order valence-corrected chi connectivity index (χ4v) is 4.01. The van der Waals surface area contributed by atoms with Gasteiger partial charge in [-0.2, -0.15) is 4.98 Å². The van der Waals surface area contributed by atoms with Gasteiger partial charge in [-0.1, -0.05) is 53.7 Å². The number of nitro groups is 1. The van der Waals surface area contributed by atoms with Crippen molar-refractivity contribution < 1.29 is 14.1 Å². The van der Waals surface area contributed by atoms with E-state index in [1.165, 1.54) is 23.9 Å². The number of ether oxygens (including phenoxy) is 1. The zero-order chi connectivity index (χ0) is 22.1. The van der Waals surface area contributed by atoms with Crippen molar-refractivity contribution >= 4 is 34.9 Å². The van der Waals surface area contributed by atoms with E-state index in [0.29, 0.717) is 27.3 Å². The third-order valence-electron chi connectivity index (χ3n) is 4.67. The summed E-state index contributed by atoms with van der Waals surface area (Å²) in [6.07, 6.45) is -0.836. The molecule has 1 aliphatic heterocycles. The number of fused-ring (bicyclic) bond motifs is 3. The van der Waals surface area contributed by atoms with Crippen molar-refractivity contribution in [1.29, 1.82) is 0 Å². The Morgan fingerprint density at radius 1 is 1.09 bits per heavy atom. The van der Waals surface area contributed by atoms with Crippen LogP contribution in [0.4, 0.5) is 11.6 Å². The lowest BCUT2D eigenvalue weighted by atomic mass is 10.1. The number of nitrogens with zero attached hydrogens (tertiary/aromatic N) is 4. The minimum atomic E-state index is -0.836. The van der Waals surface area contributed by atoms with Gasteiger partial charge in [0, 0.05) is 22.0 Å². The van der Waals surface area contributed by atoms with E-state index in [0.717, 1.165) is 11.1 Å². The molecule has 0 spiro atoms. The van der Waals surface area contributed by atoms with E-state index < -0.39 is 11.2 Å². The van der Waals surface area contributed by atoms with Crippen LogP contribution in [0.15, 0.2) is 70.2 Å². The summed E-state index contributed by atoms with van der Waals surface area (Å²) in [5.41, 5.74) is 2.99. The second-order valence-corrected chi connectivity index (χ2v) is 8.16. The molecule has 2 aromatic heterocycles. The molecule has 1 N–H and O–H groups in total. The normalized spacial score (nSPS) is 14.5. The van der Waals surface area contributed by atoms with E-state index in [-0.39, 0.29) is 17.5 Å². The number of halogens is 1. The highest BCUT2D eigenvalue weighted by molar-refractivity contribution is 7.98. The van der Waals surface area contributed by atoms with Gasteiger partial charge in [-0.25, -0.2) is 0 Å². The summed E-state index contributed by atoms with van der Waals surface area (Å²) in [7, 11) is 0. The average molecular weight is 468 g/mol. The molecule has 0 amide bonds. The third kappa shape index (κ3) is 4.10. The molecule has 1 atom stereocenters. The molecule has 0 saturated carbocycles. The van der Waals surface area contributed by atoms with Gasteiger partial charge in [-0.3, -0.25) is 10.1 Å². The van der Waals surface area contributed by atoms with Gasteiger partial charge in [-0.15, -0.1) is 10.2 Å². The summed E-state index contributed by atoms with van der Waals surface area (Å²) in [4.78, 5) is 15.0. The van der Waals surface area contributed by atoms with E-state index in [1.807, 2.05) is 48.5 Å². The lowest BCUT2D eigenvalue weighted by Crippen LogP contribution is -2.16. The number of nitrogens with one attached hydrogen (secondary N) is 1. The molecule has 0 bridgehead atoms. The Morgan fingerprint density at radius 3 is 2.69 bits per heavy atom. The number of aromatic nitrogens is 3. The lowest BCUT2D eigenvalue weighted by Gasteiger charge is -2.16. The van der Waals surface area contributed by atoms with Crippen LogP contribution in [0.3, 0.4) is 0 Å². The van der Waals surface area contributed by atoms with Crippen molar-refractivity contribution in [2.45, 2.75) is 17.1 Å². The standard InChI is InChI=1S/C21H14ClN5O4S/c22-13-7-5-12(6-8-13)11-32-21-24-20-18(25-26-21)14-3-1-2-4-15(14)23-19(31-20)16-9-10-17(30-16)27(28)29/h1-10,19,23H,11H2/t19-/m0/s1. The summed E-state index contributed by atoms with van der Waals surface area (Å²) in [6.45, 7) is 0. The molecule has 11 heteroatoms. The maximum absolute atomic E-state index is 11.0. The van der Waals surface area contributed by atoms with Gasteiger partial charge in [0.15, 0.2) is 11.5 Å². The van der Waals surface area contributed by atoms with Gasteiger partial charge in [0.1, 0.15) is 4.92 Å². The summed E-state index contributed by atoms with van der Waals surface area (Å²) >= 11 is 7.34. The van der Waals surface area contributed by atoms with E-state index in [2.05, 4.69) is 20.5 Å². The summed E-state index contributed by atoms with van der Waals surface area (Å²) in [5.74, 6) is 0.747. The molecule has 4 aromatic rings. The topological polar surface area (TPSA) is 116 Å². The van der Waals surface area contributed by atoms with Crippen LogP contribution in [-0.2, 0) is 5.75 Å². The minimum Gasteiger partial charge on any atom is -0.444 e. The molecule has 160 valence electrons. The molecule has 0 unspecified atom stereocenters. The molecule has 2 aromatic carbocycles. The van der Waals surface area contributed by atoms with Crippen molar-refractivity contribution in [2.75, 3.05) is 5.32 Å². The predicted octanol–water partition coefficient (Wildman–Crippen LogP) is 5.49. The van der Waals surface area contributed by atoms with E-state index in [9.17, 15) is 10.1 Å². The van der Waals surface area contributed by atoms with Gasteiger partial charge in [-0.05, 0) is 29.8 Å². The monoisotopic (exact) mass is 467 g/mol. The molecule has 1 aliphatic rings. The predicted molar refractivity (Wildman–Crippen MR) is 119 cm³/mol. The average Bonchev–Trinajstić information content (AvgIpc) is 3.24. The first kappa shape index (κ1) is 20.3. The van der Waals surface area contributed by atoms with Crippen LogP contribution in [0.2, 0.25) is 5.02 Å². The van der Waals surface area contributed by atoms with Crippen molar-refractivity contribution in [3.8, 4) is 17.1 Å². The molecule has 0 saturated heterocycles. The van der Waals surface area contributed by atoms with Crippen LogP contribution in [0.25, 0.3) is 11.3 Å². The highest BCUT2D eigenvalue weighted by atomic mass is 35.5. The molecule has 0 aliphatic carbocycles. The summed E-state index contributed by atoms with van der Waals surface area (Å²) in [6, 6.07) is 17.7. The number of para-hydroxylation sites is 1. The number of rotatable bonds is 5. The Labute approximate surface area is 190 Å². The zero-order valence-corrected chi connectivity index (χ0v) is 17.8. The Morgan fingerprint density at radius 2 is 1.91 bits per heavy atom. The Kier molecular flexibility index (Phi) is 5.38. The highest BCUT2D eigenvalue weighted by Crippen LogP contribution is 2.40. The molecule has 0 fully saturated rings. The quantitative estimate of drug-likeness (QED) is 0.231. The Balaban J connectivity index is 1.47. The van der Waals surface area contributed by atoms with Crippen molar-refractivity contribution in [1.82, 2.24) is 15.2 Å². The third-order valence-corrected chi connectivity index (χ3v) is 5.83. The van der Waals surface area contributed by atoms with E-state index >= 15 is 0 Å². The van der Waals surface area contributed by atoms with Gasteiger partial charge in [0.05, 0.1) is 6.07 Å². The van der Waals surface area contributed by atoms with Crippen molar-refractivity contribution in [3.05, 3.63) is 87.1 Å². The second kappa shape index (κ2) is 8.48. The largest absolute Gasteiger partial charge is 0.444 e. The van der Waals surface area contributed by atoms with Crippen molar-refractivity contribution in [3.63, 3.8) is 0 Å². The minimum absolute atomic E-state index is 0.244. The first-order valence-electron chi connectivity index (χ1n) is 9.45. The van der Waals surface area contributed by atoms with Crippen LogP contribution in [0.5, 0.6) is 5.88 Å². The fourth-order valence-electron chi connectivity index (χ4n) is 3.15. The number of thioether (sulfide) groups is 1. The SMILES string of the molecule is O=[N+]([O-])c1ccc([C@H]2Nc3ccccc3-c3nnc(SCc4ccc(Cl)cc4)nc3O2)o1. The van der Waals surface area contributed by atoms with Crippen LogP contribution in [-0.4, -0.2) is 20.1 Å². The first-order valence-corrected chi connectivity index (χ1v) is 10.8. The second-order valence-electron chi connectivity index (χ2n) is 6.78. The number of furan rings is 1. The molecular formula is C21H14ClN5O4S. The van der Waals surface area contributed by atoms with Gasteiger partial charge in [0.25, 0.3) is 0 Å². The van der Waals surface area contributed by atoms with Gasteiger partial charge < -0.3 is 14.5 Å². The van der Waals surface area contributed by atoms with Crippen LogP contribution < -0.4 is 10.1 Å². The molecule has 0 radical (unpaired) electrons. The van der Waals surface area contributed by atoms with Crippen LogP contribution in [0, 0.1) is 10.1 Å². The molecule has 3 heterocycles. The van der Waals surface area contributed by atoms with Crippen LogP contribution in [0.1, 0.15) is 17.6 Å². The maximum Gasteiger partial charge on any atom is 0.433 e. The highest BCUT2D eigenvalue weighted by Gasteiger charge is 2.29. The molecule has 32 heavy (non-hydrogen) atoms. The maximum atomic E-state index is 11.0. The number of hydrogen-bond donors (Lipinski definition) is 1. The molecular weight excluding hydrogens is 454 g/mol.